The predicted octanol–water partition coefficient (Wildman–Crippen LogP) is 2.24. The van der Waals surface area contributed by atoms with Crippen molar-refractivity contribution in [2.75, 3.05) is 13.1 Å². The van der Waals surface area contributed by atoms with Crippen molar-refractivity contribution in [1.82, 2.24) is 19.9 Å². The van der Waals surface area contributed by atoms with Crippen LogP contribution >= 0.6 is 11.8 Å². The molecule has 3 rings (SSSR count). The molecule has 2 N–H and O–H groups in total. The SMILES string of the molecule is CC(C)[C@H](NS(=O)(=O)c1ccccc1)C(=O)NCCN1C(=O)S/C(=C\c2cccnc2)C1=O. The number of amides is 3. The number of thioether (sulfide) groups is 1. The van der Waals surface area contributed by atoms with Gasteiger partial charge in [-0.15, -0.1) is 0 Å². The molecule has 11 heteroatoms. The molecule has 3 amide bonds. The number of carbonyl (C=O) groups excluding carboxylic acids is 3. The van der Waals surface area contributed by atoms with E-state index in [1.807, 2.05) is 0 Å². The number of imide groups is 1. The Morgan fingerprint density at radius 3 is 2.52 bits per heavy atom. The number of aromatic nitrogens is 1. The number of pyridine rings is 1. The van der Waals surface area contributed by atoms with E-state index in [1.54, 1.807) is 62.6 Å². The molecule has 1 fully saturated rings. The summed E-state index contributed by atoms with van der Waals surface area (Å²) in [5.41, 5.74) is 0.696. The van der Waals surface area contributed by atoms with Gasteiger partial charge in [-0.25, -0.2) is 8.42 Å². The zero-order chi connectivity index (χ0) is 24.0. The van der Waals surface area contributed by atoms with Crippen molar-refractivity contribution in [3.63, 3.8) is 0 Å². The number of nitrogens with one attached hydrogen (secondary N) is 2. The van der Waals surface area contributed by atoms with Crippen LogP contribution in [-0.4, -0.2) is 54.5 Å². The van der Waals surface area contributed by atoms with Crippen LogP contribution in [0.4, 0.5) is 4.79 Å². The maximum absolute atomic E-state index is 12.7. The highest BCUT2D eigenvalue weighted by molar-refractivity contribution is 8.18. The Morgan fingerprint density at radius 1 is 1.15 bits per heavy atom. The monoisotopic (exact) mass is 488 g/mol. The van der Waals surface area contributed by atoms with Gasteiger partial charge in [0.05, 0.1) is 9.80 Å². The van der Waals surface area contributed by atoms with Gasteiger partial charge in [-0.05, 0) is 47.5 Å². The average Bonchev–Trinajstić information content (AvgIpc) is 3.05. The molecule has 0 radical (unpaired) electrons. The fourth-order valence-electron chi connectivity index (χ4n) is 3.03. The molecule has 0 aliphatic carbocycles. The van der Waals surface area contributed by atoms with Gasteiger partial charge in [-0.3, -0.25) is 24.3 Å². The summed E-state index contributed by atoms with van der Waals surface area (Å²) in [5, 5.41) is 2.18. The summed E-state index contributed by atoms with van der Waals surface area (Å²) in [5.74, 6) is -1.32. The molecule has 33 heavy (non-hydrogen) atoms. The van der Waals surface area contributed by atoms with Gasteiger partial charge in [0.2, 0.25) is 15.9 Å². The Bertz CT molecular complexity index is 1150. The van der Waals surface area contributed by atoms with E-state index >= 15 is 0 Å². The second kappa shape index (κ2) is 10.7. The fourth-order valence-corrected chi connectivity index (χ4v) is 5.26. The molecule has 2 aromatic rings. The Balaban J connectivity index is 1.59. The molecule has 174 valence electrons. The minimum absolute atomic E-state index is 0.00662. The standard InChI is InChI=1S/C22H24N4O5S2/c1-15(2)19(25-33(30,31)17-8-4-3-5-9-17)20(27)24-11-12-26-21(28)18(32-22(26)29)13-16-7-6-10-23-14-16/h3-10,13-15,19,25H,11-12H2,1-2H3,(H,24,27)/b18-13-/t19-/m0/s1. The molecule has 2 heterocycles. The Labute approximate surface area is 196 Å². The van der Waals surface area contributed by atoms with E-state index in [2.05, 4.69) is 15.0 Å². The van der Waals surface area contributed by atoms with Gasteiger partial charge in [0.1, 0.15) is 6.04 Å². The molecule has 1 aliphatic heterocycles. The van der Waals surface area contributed by atoms with E-state index in [9.17, 15) is 22.8 Å². The summed E-state index contributed by atoms with van der Waals surface area (Å²) in [7, 11) is -3.89. The highest BCUT2D eigenvalue weighted by atomic mass is 32.2. The van der Waals surface area contributed by atoms with Crippen molar-refractivity contribution in [1.29, 1.82) is 0 Å². The molecule has 1 atom stereocenters. The molecule has 0 spiro atoms. The summed E-state index contributed by atoms with van der Waals surface area (Å²) in [6, 6.07) is 10.2. The first-order chi connectivity index (χ1) is 15.7. The summed E-state index contributed by atoms with van der Waals surface area (Å²) >= 11 is 0.819. The van der Waals surface area contributed by atoms with Crippen molar-refractivity contribution >= 4 is 44.9 Å². The van der Waals surface area contributed by atoms with E-state index in [4.69, 9.17) is 0 Å². The number of nitrogens with zero attached hydrogens (tertiary/aromatic N) is 2. The molecular weight excluding hydrogens is 464 g/mol. The lowest BCUT2D eigenvalue weighted by Crippen LogP contribution is -2.50. The van der Waals surface area contributed by atoms with Crippen LogP contribution in [0.1, 0.15) is 19.4 Å². The summed E-state index contributed by atoms with van der Waals surface area (Å²) in [6.45, 7) is 3.40. The lowest BCUT2D eigenvalue weighted by Gasteiger charge is -2.22. The zero-order valence-corrected chi connectivity index (χ0v) is 19.7. The molecule has 9 nitrogen and oxygen atoms in total. The maximum Gasteiger partial charge on any atom is 0.293 e. The second-order valence-corrected chi connectivity index (χ2v) is 10.3. The van der Waals surface area contributed by atoms with Crippen LogP contribution in [0.2, 0.25) is 0 Å². The first-order valence-electron chi connectivity index (χ1n) is 10.2. The minimum atomic E-state index is -3.89. The average molecular weight is 489 g/mol. The molecule has 0 unspecified atom stereocenters. The van der Waals surface area contributed by atoms with Crippen molar-refractivity contribution in [2.45, 2.75) is 24.8 Å². The van der Waals surface area contributed by atoms with Crippen LogP contribution in [0.15, 0.2) is 64.7 Å². The topological polar surface area (TPSA) is 126 Å². The third-order valence-corrected chi connectivity index (χ3v) is 7.14. The maximum atomic E-state index is 12.7. The van der Waals surface area contributed by atoms with Crippen molar-refractivity contribution in [2.24, 2.45) is 5.92 Å². The highest BCUT2D eigenvalue weighted by Crippen LogP contribution is 2.31. The normalized spacial score (nSPS) is 16.5. The van der Waals surface area contributed by atoms with Crippen LogP contribution in [0, 0.1) is 5.92 Å². The lowest BCUT2D eigenvalue weighted by atomic mass is 10.1. The largest absolute Gasteiger partial charge is 0.353 e. The highest BCUT2D eigenvalue weighted by Gasteiger charge is 2.35. The van der Waals surface area contributed by atoms with Gasteiger partial charge in [0, 0.05) is 25.5 Å². The van der Waals surface area contributed by atoms with Crippen LogP contribution < -0.4 is 10.0 Å². The first kappa shape index (κ1) is 24.6. The summed E-state index contributed by atoms with van der Waals surface area (Å²) in [6.07, 6.45) is 4.77. The van der Waals surface area contributed by atoms with E-state index in [-0.39, 0.29) is 28.8 Å². The summed E-state index contributed by atoms with van der Waals surface area (Å²) < 4.78 is 27.6. The third-order valence-electron chi connectivity index (χ3n) is 4.78. The van der Waals surface area contributed by atoms with E-state index < -0.39 is 33.1 Å². The van der Waals surface area contributed by atoms with Gasteiger partial charge in [-0.1, -0.05) is 38.1 Å². The number of hydrogen-bond donors (Lipinski definition) is 2. The van der Waals surface area contributed by atoms with Gasteiger partial charge in [-0.2, -0.15) is 4.72 Å². The van der Waals surface area contributed by atoms with Crippen LogP contribution in [0.5, 0.6) is 0 Å². The Kier molecular flexibility index (Phi) is 8.01. The van der Waals surface area contributed by atoms with E-state index in [1.165, 1.54) is 12.1 Å². The molecule has 1 aromatic carbocycles. The van der Waals surface area contributed by atoms with Crippen molar-refractivity contribution in [3.8, 4) is 0 Å². The van der Waals surface area contributed by atoms with Gasteiger partial charge < -0.3 is 5.32 Å². The lowest BCUT2D eigenvalue weighted by molar-refractivity contribution is -0.125. The van der Waals surface area contributed by atoms with Crippen molar-refractivity contribution in [3.05, 3.63) is 65.3 Å². The minimum Gasteiger partial charge on any atom is -0.353 e. The Morgan fingerprint density at radius 2 is 1.88 bits per heavy atom. The third kappa shape index (κ3) is 6.28. The van der Waals surface area contributed by atoms with E-state index in [0.717, 1.165) is 16.7 Å². The quantitative estimate of drug-likeness (QED) is 0.519. The van der Waals surface area contributed by atoms with Gasteiger partial charge in [0.15, 0.2) is 0 Å². The molecule has 0 bridgehead atoms. The van der Waals surface area contributed by atoms with Gasteiger partial charge >= 0.3 is 0 Å². The number of rotatable bonds is 9. The second-order valence-electron chi connectivity index (χ2n) is 7.57. The van der Waals surface area contributed by atoms with E-state index in [0.29, 0.717) is 5.56 Å². The molecular formula is C22H24N4O5S2. The smallest absolute Gasteiger partial charge is 0.293 e. The molecule has 1 aromatic heterocycles. The fraction of sp³-hybridized carbons (Fsp3) is 0.273. The van der Waals surface area contributed by atoms with Crippen LogP contribution in [0.3, 0.4) is 0 Å². The number of hydrogen-bond acceptors (Lipinski definition) is 7. The molecule has 1 saturated heterocycles. The predicted molar refractivity (Wildman–Crippen MR) is 125 cm³/mol. The number of carbonyl (C=O) groups is 3. The molecule has 0 saturated carbocycles. The van der Waals surface area contributed by atoms with Crippen LogP contribution in [0.25, 0.3) is 6.08 Å². The Hall–Kier alpha value is -3.02. The zero-order valence-electron chi connectivity index (χ0n) is 18.1. The van der Waals surface area contributed by atoms with Crippen molar-refractivity contribution < 1.29 is 22.8 Å². The van der Waals surface area contributed by atoms with Gasteiger partial charge in [0.25, 0.3) is 11.1 Å². The molecule has 1 aliphatic rings. The van der Waals surface area contributed by atoms with Crippen LogP contribution in [-0.2, 0) is 19.6 Å². The number of sulfonamides is 1. The first-order valence-corrected chi connectivity index (χ1v) is 12.5. The summed E-state index contributed by atoms with van der Waals surface area (Å²) in [4.78, 5) is 42.9. The number of benzene rings is 1.